The topological polar surface area (TPSA) is 114 Å². The van der Waals surface area contributed by atoms with Gasteiger partial charge in [0.15, 0.2) is 11.6 Å². The number of carbonyl (C=O) groups excluding carboxylic acids is 4. The molecule has 0 saturated heterocycles. The number of imide groups is 1. The Morgan fingerprint density at radius 1 is 1.03 bits per heavy atom. The van der Waals surface area contributed by atoms with Crippen molar-refractivity contribution in [3.8, 4) is 0 Å². The van der Waals surface area contributed by atoms with Crippen LogP contribution in [0.15, 0.2) is 36.4 Å². The van der Waals surface area contributed by atoms with Crippen LogP contribution in [0.3, 0.4) is 0 Å². The highest BCUT2D eigenvalue weighted by Gasteiger charge is 2.18. The van der Waals surface area contributed by atoms with E-state index in [-0.39, 0.29) is 11.6 Å². The van der Waals surface area contributed by atoms with E-state index in [1.165, 1.54) is 38.3 Å². The highest BCUT2D eigenvalue weighted by Crippen LogP contribution is 2.23. The molecule has 0 aliphatic rings. The molecule has 0 bridgehead atoms. The maximum atomic E-state index is 13.4. The molecule has 0 spiro atoms. The molecule has 2 aromatic carbocycles. The zero-order chi connectivity index (χ0) is 23.1. The van der Waals surface area contributed by atoms with Crippen molar-refractivity contribution in [3.05, 3.63) is 64.2 Å². The van der Waals surface area contributed by atoms with E-state index in [1.54, 1.807) is 0 Å². The van der Waals surface area contributed by atoms with Crippen molar-refractivity contribution in [2.45, 2.75) is 6.92 Å². The van der Waals surface area contributed by atoms with Gasteiger partial charge in [-0.3, -0.25) is 14.9 Å². The number of benzene rings is 2. The van der Waals surface area contributed by atoms with E-state index in [2.05, 4.69) is 15.4 Å². The molecule has 0 atom stereocenters. The van der Waals surface area contributed by atoms with E-state index in [0.29, 0.717) is 23.4 Å². The SMILES string of the molecule is COC(=O)/C=C/c1ccc(NC(C)=O)cc1NC(=O)NC(=O)c1cc(F)c(F)cc1Cl. The van der Waals surface area contributed by atoms with Gasteiger partial charge in [-0.1, -0.05) is 17.7 Å². The Bertz CT molecular complexity index is 1090. The number of rotatable bonds is 5. The van der Waals surface area contributed by atoms with Crippen molar-refractivity contribution in [1.82, 2.24) is 5.32 Å². The van der Waals surface area contributed by atoms with E-state index < -0.39 is 40.1 Å². The minimum atomic E-state index is -1.31. The zero-order valence-electron chi connectivity index (χ0n) is 16.2. The second-order valence-corrected chi connectivity index (χ2v) is 6.40. The molecule has 0 unspecified atom stereocenters. The van der Waals surface area contributed by atoms with Crippen LogP contribution in [0.4, 0.5) is 25.0 Å². The Hall–Kier alpha value is -3.79. The van der Waals surface area contributed by atoms with Crippen LogP contribution in [0, 0.1) is 11.6 Å². The van der Waals surface area contributed by atoms with Crippen molar-refractivity contribution >= 4 is 52.9 Å². The van der Waals surface area contributed by atoms with Gasteiger partial charge >= 0.3 is 12.0 Å². The zero-order valence-corrected chi connectivity index (χ0v) is 17.0. The predicted octanol–water partition coefficient (Wildman–Crippen LogP) is 3.72. The minimum absolute atomic E-state index is 0.119. The van der Waals surface area contributed by atoms with Gasteiger partial charge < -0.3 is 15.4 Å². The molecular weight excluding hydrogens is 436 g/mol. The third kappa shape index (κ3) is 6.61. The van der Waals surface area contributed by atoms with Gasteiger partial charge in [0.25, 0.3) is 5.91 Å². The van der Waals surface area contributed by atoms with Gasteiger partial charge in [0, 0.05) is 18.7 Å². The Balaban J connectivity index is 2.26. The van der Waals surface area contributed by atoms with Crippen LogP contribution in [0.25, 0.3) is 6.08 Å². The molecule has 8 nitrogen and oxygen atoms in total. The number of anilines is 2. The molecular formula is C20H16ClF2N3O5. The summed E-state index contributed by atoms with van der Waals surface area (Å²) < 4.78 is 31.1. The summed E-state index contributed by atoms with van der Waals surface area (Å²) in [6.45, 7) is 1.29. The number of nitrogens with one attached hydrogen (secondary N) is 3. The molecule has 3 N–H and O–H groups in total. The molecule has 162 valence electrons. The number of esters is 1. The molecule has 4 amide bonds. The van der Waals surface area contributed by atoms with Crippen LogP contribution >= 0.6 is 11.6 Å². The normalized spacial score (nSPS) is 10.5. The van der Waals surface area contributed by atoms with E-state index in [0.717, 1.165) is 6.08 Å². The number of hydrogen-bond acceptors (Lipinski definition) is 5. The summed E-state index contributed by atoms with van der Waals surface area (Å²) in [6, 6.07) is 4.53. The maximum Gasteiger partial charge on any atom is 0.330 e. The highest BCUT2D eigenvalue weighted by atomic mass is 35.5. The monoisotopic (exact) mass is 451 g/mol. The third-order valence-corrected chi connectivity index (χ3v) is 4.02. The lowest BCUT2D eigenvalue weighted by atomic mass is 10.1. The maximum absolute atomic E-state index is 13.4. The molecule has 0 aliphatic heterocycles. The van der Waals surface area contributed by atoms with Crippen LogP contribution in [0.2, 0.25) is 5.02 Å². The van der Waals surface area contributed by atoms with Crippen molar-refractivity contribution in [2.75, 3.05) is 17.7 Å². The number of amides is 4. The molecule has 0 heterocycles. The highest BCUT2D eigenvalue weighted by molar-refractivity contribution is 6.34. The fourth-order valence-corrected chi connectivity index (χ4v) is 2.57. The molecule has 0 radical (unpaired) electrons. The first-order valence-corrected chi connectivity index (χ1v) is 8.93. The Morgan fingerprint density at radius 3 is 2.35 bits per heavy atom. The fraction of sp³-hybridized carbons (Fsp3) is 0.100. The van der Waals surface area contributed by atoms with Gasteiger partial charge in [0.05, 0.1) is 23.4 Å². The lowest BCUT2D eigenvalue weighted by Gasteiger charge is -2.12. The van der Waals surface area contributed by atoms with E-state index in [1.807, 2.05) is 5.32 Å². The third-order valence-electron chi connectivity index (χ3n) is 3.70. The summed E-state index contributed by atoms with van der Waals surface area (Å²) in [5.41, 5.74) is 0.336. The summed E-state index contributed by atoms with van der Waals surface area (Å²) in [4.78, 5) is 47.1. The van der Waals surface area contributed by atoms with E-state index in [4.69, 9.17) is 11.6 Å². The smallest absolute Gasteiger partial charge is 0.330 e. The summed E-state index contributed by atoms with van der Waals surface area (Å²) in [7, 11) is 1.19. The largest absolute Gasteiger partial charge is 0.466 e. The van der Waals surface area contributed by atoms with Gasteiger partial charge in [-0.15, -0.1) is 0 Å². The van der Waals surface area contributed by atoms with Crippen LogP contribution in [-0.2, 0) is 14.3 Å². The van der Waals surface area contributed by atoms with Crippen LogP contribution in [0.5, 0.6) is 0 Å². The lowest BCUT2D eigenvalue weighted by Crippen LogP contribution is -2.34. The molecule has 31 heavy (non-hydrogen) atoms. The average molecular weight is 452 g/mol. The van der Waals surface area contributed by atoms with E-state index >= 15 is 0 Å². The number of methoxy groups -OCH3 is 1. The number of halogens is 3. The first kappa shape index (κ1) is 23.5. The summed E-state index contributed by atoms with van der Waals surface area (Å²) in [5.74, 6) is -4.65. The Kier molecular flexibility index (Phi) is 7.81. The number of ether oxygens (including phenoxy) is 1. The number of carbonyl (C=O) groups is 4. The Morgan fingerprint density at radius 2 is 1.71 bits per heavy atom. The first-order valence-electron chi connectivity index (χ1n) is 8.55. The average Bonchev–Trinajstić information content (AvgIpc) is 2.69. The molecule has 0 saturated carbocycles. The molecule has 0 fully saturated rings. The van der Waals surface area contributed by atoms with Crippen LogP contribution < -0.4 is 16.0 Å². The number of urea groups is 1. The second kappa shape index (κ2) is 10.3. The van der Waals surface area contributed by atoms with Crippen molar-refractivity contribution in [2.24, 2.45) is 0 Å². The van der Waals surface area contributed by atoms with Crippen LogP contribution in [0.1, 0.15) is 22.8 Å². The minimum Gasteiger partial charge on any atom is -0.466 e. The van der Waals surface area contributed by atoms with Crippen molar-refractivity contribution < 1.29 is 32.7 Å². The quantitative estimate of drug-likeness (QED) is 0.364. The standard InChI is InChI=1S/C20H16ClF2N3O5/c1-10(27)24-12-5-3-11(4-6-18(28)31-2)17(7-12)25-20(30)26-19(29)13-8-15(22)16(23)9-14(13)21/h3-9H,1-2H3,(H,24,27)(H2,25,26,29,30)/b6-4+. The molecule has 2 aromatic rings. The summed E-state index contributed by atoms with van der Waals surface area (Å²) in [6.07, 6.45) is 2.44. The first-order chi connectivity index (χ1) is 14.6. The summed E-state index contributed by atoms with van der Waals surface area (Å²) in [5, 5.41) is 6.43. The van der Waals surface area contributed by atoms with Gasteiger partial charge in [0.2, 0.25) is 5.91 Å². The van der Waals surface area contributed by atoms with Gasteiger partial charge in [-0.2, -0.15) is 0 Å². The van der Waals surface area contributed by atoms with Gasteiger partial charge in [-0.05, 0) is 35.9 Å². The second-order valence-electron chi connectivity index (χ2n) is 5.99. The van der Waals surface area contributed by atoms with Crippen molar-refractivity contribution in [3.63, 3.8) is 0 Å². The van der Waals surface area contributed by atoms with Crippen LogP contribution in [-0.4, -0.2) is 30.9 Å². The lowest BCUT2D eigenvalue weighted by molar-refractivity contribution is -0.134. The van der Waals surface area contributed by atoms with Crippen molar-refractivity contribution in [1.29, 1.82) is 0 Å². The van der Waals surface area contributed by atoms with E-state index in [9.17, 15) is 28.0 Å². The molecule has 11 heteroatoms. The summed E-state index contributed by atoms with van der Waals surface area (Å²) >= 11 is 5.73. The predicted molar refractivity (Wildman–Crippen MR) is 110 cm³/mol. The van der Waals surface area contributed by atoms with Gasteiger partial charge in [-0.25, -0.2) is 18.4 Å². The molecule has 0 aliphatic carbocycles. The molecule has 0 aromatic heterocycles. The fourth-order valence-electron chi connectivity index (χ4n) is 2.34. The Labute approximate surface area is 180 Å². The number of hydrogen-bond donors (Lipinski definition) is 3. The molecule has 2 rings (SSSR count). The van der Waals surface area contributed by atoms with Gasteiger partial charge in [0.1, 0.15) is 0 Å².